The standard InChI is InChI=1S/C54H44N2/c1-37(39-26-28-42(29-27-39)40-14-5-3-6-15-40)55-54(56-38(2)45-19-11-20-46(34-45)41-16-7-4-8-17-41)44-32-30-43(31-33-44)47-21-12-22-48(35-47)51-24-13-25-52-50-23-10-9-18-49(50)36-53(51)52/h3-5,7-12,14,16-23,25-35H,2,6,13,15,24,36H2,1H3. The van der Waals surface area contributed by atoms with E-state index in [1.54, 1.807) is 0 Å². The van der Waals surface area contributed by atoms with Crippen LogP contribution in [0.2, 0.25) is 0 Å². The van der Waals surface area contributed by atoms with E-state index in [0.717, 1.165) is 65.6 Å². The lowest BCUT2D eigenvalue weighted by atomic mass is 9.86. The van der Waals surface area contributed by atoms with E-state index >= 15 is 0 Å². The number of benzene rings is 6. The highest BCUT2D eigenvalue weighted by Gasteiger charge is 2.26. The Bertz CT molecular complexity index is 2640. The van der Waals surface area contributed by atoms with Gasteiger partial charge < -0.3 is 0 Å². The van der Waals surface area contributed by atoms with E-state index in [9.17, 15) is 0 Å². The maximum Gasteiger partial charge on any atom is 0.160 e. The van der Waals surface area contributed by atoms with Gasteiger partial charge in [0.05, 0.1) is 5.70 Å². The zero-order chi connectivity index (χ0) is 37.8. The smallest absolute Gasteiger partial charge is 0.160 e. The summed E-state index contributed by atoms with van der Waals surface area (Å²) in [7, 11) is 0. The molecule has 2 heteroatoms. The Balaban J connectivity index is 1.04. The summed E-state index contributed by atoms with van der Waals surface area (Å²) < 4.78 is 0. The number of aliphatic imine (C=N–C) groups is 2. The second kappa shape index (κ2) is 15.6. The van der Waals surface area contributed by atoms with Crippen LogP contribution in [-0.4, -0.2) is 11.5 Å². The first-order valence-corrected chi connectivity index (χ1v) is 19.7. The van der Waals surface area contributed by atoms with Crippen LogP contribution < -0.4 is 0 Å². The summed E-state index contributed by atoms with van der Waals surface area (Å²) in [6.45, 7) is 6.51. The van der Waals surface area contributed by atoms with E-state index in [1.165, 1.54) is 55.7 Å². The molecule has 270 valence electrons. The zero-order valence-corrected chi connectivity index (χ0v) is 31.9. The van der Waals surface area contributed by atoms with Crippen molar-refractivity contribution in [1.82, 2.24) is 0 Å². The average Bonchev–Trinajstić information content (AvgIpc) is 3.66. The number of hydrogen-bond donors (Lipinski definition) is 0. The van der Waals surface area contributed by atoms with Crippen molar-refractivity contribution in [3.8, 4) is 22.3 Å². The van der Waals surface area contributed by atoms with Crippen molar-refractivity contribution in [2.24, 2.45) is 9.98 Å². The molecule has 0 amide bonds. The van der Waals surface area contributed by atoms with Crippen molar-refractivity contribution in [1.29, 1.82) is 0 Å². The molecule has 0 heterocycles. The zero-order valence-electron chi connectivity index (χ0n) is 31.9. The van der Waals surface area contributed by atoms with E-state index in [4.69, 9.17) is 9.98 Å². The molecular weight excluding hydrogens is 677 g/mol. The lowest BCUT2D eigenvalue weighted by Gasteiger charge is -2.18. The summed E-state index contributed by atoms with van der Waals surface area (Å²) in [4.78, 5) is 10.3. The Morgan fingerprint density at radius 3 is 2.02 bits per heavy atom. The fraction of sp³-hybridized carbons (Fsp3) is 0.111. The highest BCUT2D eigenvalue weighted by Crippen LogP contribution is 2.45. The van der Waals surface area contributed by atoms with Gasteiger partial charge in [0.1, 0.15) is 0 Å². The van der Waals surface area contributed by atoms with Gasteiger partial charge in [-0.05, 0) is 124 Å². The van der Waals surface area contributed by atoms with E-state index < -0.39 is 0 Å². The molecule has 0 unspecified atom stereocenters. The molecule has 3 aliphatic rings. The molecule has 0 fully saturated rings. The Kier molecular flexibility index (Phi) is 9.78. The summed E-state index contributed by atoms with van der Waals surface area (Å²) in [5.41, 5.74) is 20.4. The Morgan fingerprint density at radius 1 is 0.536 bits per heavy atom. The predicted molar refractivity (Wildman–Crippen MR) is 239 cm³/mol. The molecule has 0 aromatic heterocycles. The first-order chi connectivity index (χ1) is 27.6. The fourth-order valence-electron chi connectivity index (χ4n) is 8.26. The highest BCUT2D eigenvalue weighted by atomic mass is 14.9. The molecule has 2 nitrogen and oxygen atoms in total. The van der Waals surface area contributed by atoms with Gasteiger partial charge >= 0.3 is 0 Å². The van der Waals surface area contributed by atoms with Crippen molar-refractivity contribution in [2.45, 2.75) is 39.0 Å². The number of hydrogen-bond acceptors (Lipinski definition) is 1. The molecule has 6 aromatic rings. The molecule has 0 spiro atoms. The maximum atomic E-state index is 5.20. The van der Waals surface area contributed by atoms with Gasteiger partial charge in [0.2, 0.25) is 0 Å². The summed E-state index contributed by atoms with van der Waals surface area (Å²) in [6.07, 6.45) is 14.4. The number of allylic oxidation sites excluding steroid dienone is 8. The van der Waals surface area contributed by atoms with E-state index in [-0.39, 0.29) is 0 Å². The van der Waals surface area contributed by atoms with Crippen molar-refractivity contribution in [3.63, 3.8) is 0 Å². The molecule has 0 radical (unpaired) electrons. The minimum absolute atomic E-state index is 0.636. The Labute approximate surface area is 331 Å². The van der Waals surface area contributed by atoms with Crippen LogP contribution in [0.3, 0.4) is 0 Å². The highest BCUT2D eigenvalue weighted by molar-refractivity contribution is 6.13. The molecule has 0 aliphatic heterocycles. The second-order valence-corrected chi connectivity index (χ2v) is 14.9. The molecule has 0 bridgehead atoms. The summed E-state index contributed by atoms with van der Waals surface area (Å²) in [5.74, 6) is 0.636. The van der Waals surface area contributed by atoms with E-state index in [1.807, 2.05) is 6.07 Å². The molecule has 9 rings (SSSR count). The minimum atomic E-state index is 0.636. The predicted octanol–water partition coefficient (Wildman–Crippen LogP) is 13.9. The van der Waals surface area contributed by atoms with Gasteiger partial charge in [0, 0.05) is 16.8 Å². The Hall–Kier alpha value is -6.64. The number of amidine groups is 1. The van der Waals surface area contributed by atoms with E-state index in [2.05, 4.69) is 183 Å². The van der Waals surface area contributed by atoms with Crippen LogP contribution in [-0.2, 0) is 6.42 Å². The number of rotatable bonds is 8. The molecule has 3 aliphatic carbocycles. The van der Waals surface area contributed by atoms with Gasteiger partial charge in [-0.25, -0.2) is 9.98 Å². The molecule has 56 heavy (non-hydrogen) atoms. The van der Waals surface area contributed by atoms with Gasteiger partial charge in [-0.2, -0.15) is 0 Å². The third kappa shape index (κ3) is 7.27. The first kappa shape index (κ1) is 35.1. The summed E-state index contributed by atoms with van der Waals surface area (Å²) in [5, 5.41) is 0. The van der Waals surface area contributed by atoms with Gasteiger partial charge in [0.15, 0.2) is 5.84 Å². The molecule has 0 atom stereocenters. The SMILES string of the molecule is C=C(N=C(N=C(C)c1ccc(C2=CC=CCC2)cc1)c1ccc(-c2cccc(C3=C4Cc5ccccc5C4=CCC3)c2)cc1)c1cccc(-c2ccccc2)c1. The molecule has 6 aromatic carbocycles. The fourth-order valence-corrected chi connectivity index (χ4v) is 8.26. The first-order valence-electron chi connectivity index (χ1n) is 19.7. The van der Waals surface area contributed by atoms with Crippen molar-refractivity contribution < 1.29 is 0 Å². The normalized spacial score (nSPS) is 15.2. The monoisotopic (exact) mass is 720 g/mol. The van der Waals surface area contributed by atoms with Crippen LogP contribution in [0, 0.1) is 0 Å². The topological polar surface area (TPSA) is 24.7 Å². The van der Waals surface area contributed by atoms with Crippen LogP contribution in [0.4, 0.5) is 0 Å². The van der Waals surface area contributed by atoms with Gasteiger partial charge in [-0.1, -0.05) is 170 Å². The number of fused-ring (bicyclic) bond motifs is 3. The van der Waals surface area contributed by atoms with Crippen LogP contribution in [0.1, 0.15) is 71.6 Å². The van der Waals surface area contributed by atoms with Gasteiger partial charge in [-0.3, -0.25) is 0 Å². The average molecular weight is 721 g/mol. The van der Waals surface area contributed by atoms with E-state index in [0.29, 0.717) is 11.5 Å². The van der Waals surface area contributed by atoms with Crippen LogP contribution in [0.15, 0.2) is 198 Å². The lowest BCUT2D eigenvalue weighted by molar-refractivity contribution is 1.04. The third-order valence-corrected chi connectivity index (χ3v) is 11.3. The van der Waals surface area contributed by atoms with Crippen LogP contribution >= 0.6 is 0 Å². The molecular formula is C54H44N2. The summed E-state index contributed by atoms with van der Waals surface area (Å²) in [6, 6.07) is 54.3. The quantitative estimate of drug-likeness (QED) is 0.110. The molecule has 0 saturated heterocycles. The molecule has 0 N–H and O–H groups in total. The minimum Gasteiger partial charge on any atom is -0.233 e. The third-order valence-electron chi connectivity index (χ3n) is 11.3. The maximum absolute atomic E-state index is 5.20. The lowest BCUT2D eigenvalue weighted by Crippen LogP contribution is -2.04. The van der Waals surface area contributed by atoms with Gasteiger partial charge in [0.25, 0.3) is 0 Å². The summed E-state index contributed by atoms with van der Waals surface area (Å²) >= 11 is 0. The number of nitrogens with zero attached hydrogens (tertiary/aromatic N) is 2. The van der Waals surface area contributed by atoms with Crippen molar-refractivity contribution in [2.75, 3.05) is 0 Å². The van der Waals surface area contributed by atoms with Crippen LogP contribution in [0.25, 0.3) is 44.7 Å². The Morgan fingerprint density at radius 2 is 1.21 bits per heavy atom. The van der Waals surface area contributed by atoms with Crippen molar-refractivity contribution >= 4 is 34.0 Å². The van der Waals surface area contributed by atoms with Crippen molar-refractivity contribution in [3.05, 3.63) is 227 Å². The second-order valence-electron chi connectivity index (χ2n) is 14.9. The largest absolute Gasteiger partial charge is 0.233 e. The van der Waals surface area contributed by atoms with Gasteiger partial charge in [-0.15, -0.1) is 0 Å². The van der Waals surface area contributed by atoms with Crippen LogP contribution in [0.5, 0.6) is 0 Å². The molecule has 0 saturated carbocycles.